The molecule has 4 heteroatoms. The molecule has 1 aromatic rings. The summed E-state index contributed by atoms with van der Waals surface area (Å²) in [6, 6.07) is 6.61. The molecule has 1 aromatic carbocycles. The van der Waals surface area contributed by atoms with E-state index in [1.807, 2.05) is 6.07 Å². The molecule has 1 aliphatic heterocycles. The van der Waals surface area contributed by atoms with Gasteiger partial charge in [0.2, 0.25) is 0 Å². The maximum absolute atomic E-state index is 9.57. The van der Waals surface area contributed by atoms with Gasteiger partial charge in [-0.15, -0.1) is 0 Å². The molecule has 0 saturated heterocycles. The van der Waals surface area contributed by atoms with E-state index in [1.165, 1.54) is 5.56 Å². The van der Waals surface area contributed by atoms with Crippen LogP contribution in [0, 0.1) is 5.92 Å². The van der Waals surface area contributed by atoms with Crippen LogP contribution in [-0.2, 0) is 0 Å². The average molecular weight is 342 g/mol. The van der Waals surface area contributed by atoms with Gasteiger partial charge in [-0.05, 0) is 37.3 Å². The second-order valence-corrected chi connectivity index (χ2v) is 6.82. The third kappa shape index (κ3) is 4.21. The molecule has 0 amide bonds. The fourth-order valence-electron chi connectivity index (χ4n) is 2.77. The summed E-state index contributed by atoms with van der Waals surface area (Å²) < 4.78 is 6.86. The van der Waals surface area contributed by atoms with Crippen molar-refractivity contribution in [1.29, 1.82) is 0 Å². The Balaban J connectivity index is 2.15. The van der Waals surface area contributed by atoms with Crippen LogP contribution in [0.15, 0.2) is 22.7 Å². The highest BCUT2D eigenvalue weighted by molar-refractivity contribution is 9.10. The lowest BCUT2D eigenvalue weighted by molar-refractivity contribution is 0.210. The highest BCUT2D eigenvalue weighted by Gasteiger charge is 2.22. The van der Waals surface area contributed by atoms with E-state index in [0.717, 1.165) is 36.1 Å². The van der Waals surface area contributed by atoms with Gasteiger partial charge in [-0.25, -0.2) is 0 Å². The van der Waals surface area contributed by atoms with Crippen molar-refractivity contribution in [3.8, 4) is 5.75 Å². The quantitative estimate of drug-likeness (QED) is 0.858. The summed E-state index contributed by atoms with van der Waals surface area (Å²) in [5.41, 5.74) is 1.20. The highest BCUT2D eigenvalue weighted by atomic mass is 79.9. The number of hydrogen-bond acceptors (Lipinski definition) is 3. The van der Waals surface area contributed by atoms with Gasteiger partial charge in [0.1, 0.15) is 5.75 Å². The average Bonchev–Trinajstić information content (AvgIpc) is 2.59. The minimum absolute atomic E-state index is 0.148. The molecule has 0 saturated carbocycles. The molecular weight excluding hydrogens is 318 g/mol. The molecule has 0 aromatic heterocycles. The first-order chi connectivity index (χ1) is 9.60. The number of halogens is 1. The molecule has 0 aliphatic carbocycles. The third-order valence-electron chi connectivity index (χ3n) is 3.66. The van der Waals surface area contributed by atoms with E-state index in [0.29, 0.717) is 5.92 Å². The molecule has 112 valence electrons. The number of ether oxygens (including phenoxy) is 1. The summed E-state index contributed by atoms with van der Waals surface area (Å²) in [5, 5.41) is 13.2. The van der Waals surface area contributed by atoms with Gasteiger partial charge in [-0.3, -0.25) is 0 Å². The minimum atomic E-state index is 0.148. The maximum atomic E-state index is 9.57. The van der Waals surface area contributed by atoms with Crippen molar-refractivity contribution >= 4 is 15.9 Å². The molecule has 2 rings (SSSR count). The van der Waals surface area contributed by atoms with Crippen LogP contribution in [0.3, 0.4) is 0 Å². The van der Waals surface area contributed by atoms with Gasteiger partial charge in [0, 0.05) is 22.1 Å². The van der Waals surface area contributed by atoms with Gasteiger partial charge >= 0.3 is 0 Å². The van der Waals surface area contributed by atoms with Crippen molar-refractivity contribution in [2.45, 2.75) is 45.2 Å². The first-order valence-electron chi connectivity index (χ1n) is 7.39. The predicted octanol–water partition coefficient (Wildman–Crippen LogP) is 3.66. The van der Waals surface area contributed by atoms with E-state index in [2.05, 4.69) is 47.2 Å². The van der Waals surface area contributed by atoms with Gasteiger partial charge in [-0.2, -0.15) is 0 Å². The Labute approximate surface area is 129 Å². The lowest BCUT2D eigenvalue weighted by Gasteiger charge is -2.25. The molecule has 0 bridgehead atoms. The van der Waals surface area contributed by atoms with Crippen LogP contribution in [0.1, 0.15) is 44.7 Å². The van der Waals surface area contributed by atoms with Crippen molar-refractivity contribution < 1.29 is 9.84 Å². The number of aliphatic hydroxyl groups excluding tert-OH is 1. The fourth-order valence-corrected chi connectivity index (χ4v) is 3.11. The number of nitrogens with one attached hydrogen (secondary N) is 1. The van der Waals surface area contributed by atoms with Crippen LogP contribution >= 0.6 is 15.9 Å². The molecule has 1 heterocycles. The summed E-state index contributed by atoms with van der Waals surface area (Å²) >= 11 is 3.49. The summed E-state index contributed by atoms with van der Waals surface area (Å²) in [6.45, 7) is 5.31. The number of benzene rings is 1. The monoisotopic (exact) mass is 341 g/mol. The smallest absolute Gasteiger partial charge is 0.125 e. The van der Waals surface area contributed by atoms with Gasteiger partial charge in [0.25, 0.3) is 0 Å². The normalized spacial score (nSPS) is 20.1. The zero-order chi connectivity index (χ0) is 14.5. The van der Waals surface area contributed by atoms with E-state index in [4.69, 9.17) is 4.74 Å². The van der Waals surface area contributed by atoms with Crippen LogP contribution in [0.25, 0.3) is 0 Å². The largest absolute Gasteiger partial charge is 0.493 e. The van der Waals surface area contributed by atoms with Gasteiger partial charge < -0.3 is 15.2 Å². The SMILES string of the molecule is CC(C)CC(CO)NC1CCCOc2cc(Br)ccc21. The van der Waals surface area contributed by atoms with E-state index >= 15 is 0 Å². The van der Waals surface area contributed by atoms with E-state index in [-0.39, 0.29) is 18.7 Å². The Bertz CT molecular complexity index is 436. The molecule has 3 nitrogen and oxygen atoms in total. The maximum Gasteiger partial charge on any atom is 0.125 e. The Hall–Kier alpha value is -0.580. The molecule has 0 radical (unpaired) electrons. The lowest BCUT2D eigenvalue weighted by Crippen LogP contribution is -2.36. The van der Waals surface area contributed by atoms with Crippen molar-refractivity contribution in [1.82, 2.24) is 5.32 Å². The number of aliphatic hydroxyl groups is 1. The number of fused-ring (bicyclic) bond motifs is 1. The summed E-state index contributed by atoms with van der Waals surface area (Å²) in [7, 11) is 0. The molecular formula is C16H24BrNO2. The summed E-state index contributed by atoms with van der Waals surface area (Å²) in [6.07, 6.45) is 3.06. The molecule has 2 N–H and O–H groups in total. The van der Waals surface area contributed by atoms with Crippen LogP contribution in [0.2, 0.25) is 0 Å². The standard InChI is InChI=1S/C16H24BrNO2/c1-11(2)8-13(10-19)18-15-4-3-7-20-16-9-12(17)5-6-14(15)16/h5-6,9,11,13,15,18-19H,3-4,7-8,10H2,1-2H3. The van der Waals surface area contributed by atoms with Gasteiger partial charge in [0.15, 0.2) is 0 Å². The first-order valence-corrected chi connectivity index (χ1v) is 8.18. The Morgan fingerprint density at radius 2 is 2.25 bits per heavy atom. The molecule has 20 heavy (non-hydrogen) atoms. The molecule has 1 aliphatic rings. The Morgan fingerprint density at radius 1 is 1.45 bits per heavy atom. The van der Waals surface area contributed by atoms with Crippen molar-refractivity contribution in [2.75, 3.05) is 13.2 Å². The second kappa shape index (κ2) is 7.43. The molecule has 0 fully saturated rings. The van der Waals surface area contributed by atoms with Crippen LogP contribution in [0.4, 0.5) is 0 Å². The van der Waals surface area contributed by atoms with Crippen molar-refractivity contribution in [3.63, 3.8) is 0 Å². The third-order valence-corrected chi connectivity index (χ3v) is 4.15. The summed E-state index contributed by atoms with van der Waals surface area (Å²) in [5.74, 6) is 1.53. The lowest BCUT2D eigenvalue weighted by atomic mass is 9.98. The zero-order valence-electron chi connectivity index (χ0n) is 12.2. The van der Waals surface area contributed by atoms with E-state index in [1.54, 1.807) is 0 Å². The zero-order valence-corrected chi connectivity index (χ0v) is 13.8. The van der Waals surface area contributed by atoms with Gasteiger partial charge in [-0.1, -0.05) is 35.8 Å². The van der Waals surface area contributed by atoms with Crippen LogP contribution in [0.5, 0.6) is 5.75 Å². The van der Waals surface area contributed by atoms with Crippen molar-refractivity contribution in [2.24, 2.45) is 5.92 Å². The van der Waals surface area contributed by atoms with E-state index < -0.39 is 0 Å². The van der Waals surface area contributed by atoms with Gasteiger partial charge in [0.05, 0.1) is 13.2 Å². The van der Waals surface area contributed by atoms with Crippen LogP contribution in [-0.4, -0.2) is 24.4 Å². The topological polar surface area (TPSA) is 41.5 Å². The Kier molecular flexibility index (Phi) is 5.87. The second-order valence-electron chi connectivity index (χ2n) is 5.90. The highest BCUT2D eigenvalue weighted by Crippen LogP contribution is 2.34. The fraction of sp³-hybridized carbons (Fsp3) is 0.625. The molecule has 2 unspecified atom stereocenters. The van der Waals surface area contributed by atoms with Crippen molar-refractivity contribution in [3.05, 3.63) is 28.2 Å². The predicted molar refractivity (Wildman–Crippen MR) is 85.1 cm³/mol. The first kappa shape index (κ1) is 15.8. The molecule has 0 spiro atoms. The Morgan fingerprint density at radius 3 is 2.95 bits per heavy atom. The minimum Gasteiger partial charge on any atom is -0.493 e. The van der Waals surface area contributed by atoms with Crippen LogP contribution < -0.4 is 10.1 Å². The summed E-state index contributed by atoms with van der Waals surface area (Å²) in [4.78, 5) is 0. The number of hydrogen-bond donors (Lipinski definition) is 2. The molecule has 2 atom stereocenters. The van der Waals surface area contributed by atoms with E-state index in [9.17, 15) is 5.11 Å². The number of rotatable bonds is 5.